The van der Waals surface area contributed by atoms with Crippen molar-refractivity contribution in [1.29, 1.82) is 0 Å². The summed E-state index contributed by atoms with van der Waals surface area (Å²) >= 11 is 5.71. The molecule has 104 valence electrons. The Labute approximate surface area is 117 Å². The maximum Gasteiger partial charge on any atom is 0.269 e. The number of non-ortho nitro benzene ring substituents is 1. The fraction of sp³-hybridized carbons (Fsp3) is 0.462. The lowest BCUT2D eigenvalue weighted by Crippen LogP contribution is -2.39. The average Bonchev–Trinajstić information content (AvgIpc) is 2.39. The Morgan fingerprint density at radius 2 is 1.95 bits per heavy atom. The second-order valence-corrected chi connectivity index (χ2v) is 5.21. The van der Waals surface area contributed by atoms with Crippen LogP contribution >= 0.6 is 11.6 Å². The maximum atomic E-state index is 11.7. The van der Waals surface area contributed by atoms with Crippen LogP contribution in [0.3, 0.4) is 0 Å². The second kappa shape index (κ2) is 6.52. The fourth-order valence-electron chi connectivity index (χ4n) is 1.40. The molecule has 5 nitrogen and oxygen atoms in total. The summed E-state index contributed by atoms with van der Waals surface area (Å²) in [6.07, 6.45) is 0.627. The zero-order valence-corrected chi connectivity index (χ0v) is 11.7. The van der Waals surface area contributed by atoms with Crippen molar-refractivity contribution in [1.82, 2.24) is 5.32 Å². The molecule has 0 aliphatic rings. The molecule has 0 saturated carbocycles. The predicted octanol–water partition coefficient (Wildman–Crippen LogP) is 2.52. The molecule has 0 spiro atoms. The summed E-state index contributed by atoms with van der Waals surface area (Å²) in [5.74, 6) is 0.167. The third-order valence-corrected chi connectivity index (χ3v) is 3.46. The Morgan fingerprint density at radius 3 is 2.42 bits per heavy atom. The Bertz CT molecular complexity index is 457. The van der Waals surface area contributed by atoms with Gasteiger partial charge in [-0.05, 0) is 25.8 Å². The number of carbonyl (C=O) groups excluding carboxylic acids is 1. The van der Waals surface area contributed by atoms with Crippen molar-refractivity contribution in [3.63, 3.8) is 0 Å². The van der Waals surface area contributed by atoms with Crippen molar-refractivity contribution in [3.05, 3.63) is 39.9 Å². The summed E-state index contributed by atoms with van der Waals surface area (Å²) in [6, 6.07) is 6.30. The fourth-order valence-corrected chi connectivity index (χ4v) is 1.53. The first-order valence-electron chi connectivity index (χ1n) is 5.94. The number of nitrogens with zero attached hydrogens (tertiary/aromatic N) is 1. The van der Waals surface area contributed by atoms with Crippen LogP contribution in [-0.2, 0) is 11.2 Å². The second-order valence-electron chi connectivity index (χ2n) is 4.95. The molecule has 0 bridgehead atoms. The van der Waals surface area contributed by atoms with E-state index in [1.165, 1.54) is 12.1 Å². The van der Waals surface area contributed by atoms with Crippen LogP contribution in [0.25, 0.3) is 0 Å². The average molecular weight is 285 g/mol. The van der Waals surface area contributed by atoms with Crippen LogP contribution < -0.4 is 5.32 Å². The van der Waals surface area contributed by atoms with Gasteiger partial charge in [-0.3, -0.25) is 14.9 Å². The summed E-state index contributed by atoms with van der Waals surface area (Å²) < 4.78 is 0. The number of nitro groups is 1. The Hall–Kier alpha value is -1.62. The van der Waals surface area contributed by atoms with Crippen LogP contribution in [0.4, 0.5) is 5.69 Å². The van der Waals surface area contributed by atoms with Gasteiger partial charge >= 0.3 is 0 Å². The summed E-state index contributed by atoms with van der Waals surface area (Å²) in [5.41, 5.74) is 0.419. The predicted molar refractivity (Wildman–Crippen MR) is 74.3 cm³/mol. The highest BCUT2D eigenvalue weighted by Crippen LogP contribution is 2.17. The van der Waals surface area contributed by atoms with Gasteiger partial charge in [-0.2, -0.15) is 0 Å². The topological polar surface area (TPSA) is 72.2 Å². The molecular formula is C13H17ClN2O3. The smallest absolute Gasteiger partial charge is 0.269 e. The first kappa shape index (κ1) is 15.4. The number of halogens is 1. The van der Waals surface area contributed by atoms with Crippen LogP contribution in [0.2, 0.25) is 0 Å². The lowest BCUT2D eigenvalue weighted by atomic mass is 9.95. The van der Waals surface area contributed by atoms with E-state index in [-0.39, 0.29) is 17.5 Å². The number of nitrogens with one attached hydrogen (secondary N) is 1. The molecule has 0 aliphatic heterocycles. The van der Waals surface area contributed by atoms with Crippen molar-refractivity contribution in [2.24, 2.45) is 5.41 Å². The molecule has 0 unspecified atom stereocenters. The summed E-state index contributed by atoms with van der Waals surface area (Å²) in [6.45, 7) is 4.04. The van der Waals surface area contributed by atoms with Crippen LogP contribution in [0.1, 0.15) is 19.4 Å². The lowest BCUT2D eigenvalue weighted by molar-refractivity contribution is -0.384. The first-order chi connectivity index (χ1) is 8.86. The Balaban J connectivity index is 2.45. The molecule has 0 saturated heterocycles. The van der Waals surface area contributed by atoms with E-state index in [1.807, 2.05) is 0 Å². The molecule has 1 N–H and O–H groups in total. The van der Waals surface area contributed by atoms with Crippen LogP contribution in [0, 0.1) is 15.5 Å². The SMILES string of the molecule is CC(C)(CCl)C(=O)NCCc1ccc([N+](=O)[O-])cc1. The number of hydrogen-bond donors (Lipinski definition) is 1. The third kappa shape index (κ3) is 4.52. The Kier molecular flexibility index (Phi) is 5.30. The molecule has 0 aliphatic carbocycles. The Morgan fingerprint density at radius 1 is 1.37 bits per heavy atom. The molecule has 1 rings (SSSR count). The number of hydrogen-bond acceptors (Lipinski definition) is 3. The highest BCUT2D eigenvalue weighted by atomic mass is 35.5. The van der Waals surface area contributed by atoms with Gasteiger partial charge in [0.2, 0.25) is 5.91 Å². The van der Waals surface area contributed by atoms with Crippen LogP contribution in [0.15, 0.2) is 24.3 Å². The number of nitro benzene ring substituents is 1. The maximum absolute atomic E-state index is 11.7. The number of amides is 1. The zero-order chi connectivity index (χ0) is 14.5. The summed E-state index contributed by atoms with van der Waals surface area (Å²) in [4.78, 5) is 21.8. The molecule has 0 aromatic heterocycles. The van der Waals surface area contributed by atoms with E-state index in [1.54, 1.807) is 26.0 Å². The normalized spacial score (nSPS) is 11.1. The summed E-state index contributed by atoms with van der Waals surface area (Å²) in [5, 5.41) is 13.3. The van der Waals surface area contributed by atoms with E-state index >= 15 is 0 Å². The molecule has 0 radical (unpaired) electrons. The minimum Gasteiger partial charge on any atom is -0.355 e. The number of benzene rings is 1. The minimum absolute atomic E-state index is 0.0658. The highest BCUT2D eigenvalue weighted by molar-refractivity contribution is 6.19. The van der Waals surface area contributed by atoms with Crippen molar-refractivity contribution < 1.29 is 9.72 Å². The molecule has 1 aromatic rings. The van der Waals surface area contributed by atoms with Crippen molar-refractivity contribution in [2.75, 3.05) is 12.4 Å². The third-order valence-electron chi connectivity index (χ3n) is 2.80. The molecule has 0 heterocycles. The van der Waals surface area contributed by atoms with Gasteiger partial charge in [0.25, 0.3) is 5.69 Å². The zero-order valence-electron chi connectivity index (χ0n) is 11.0. The van der Waals surface area contributed by atoms with E-state index in [0.717, 1.165) is 5.56 Å². The minimum atomic E-state index is -0.586. The lowest BCUT2D eigenvalue weighted by Gasteiger charge is -2.20. The molecular weight excluding hydrogens is 268 g/mol. The monoisotopic (exact) mass is 284 g/mol. The molecule has 19 heavy (non-hydrogen) atoms. The van der Waals surface area contributed by atoms with Gasteiger partial charge < -0.3 is 5.32 Å². The van der Waals surface area contributed by atoms with Gasteiger partial charge in [0.05, 0.1) is 10.3 Å². The highest BCUT2D eigenvalue weighted by Gasteiger charge is 2.25. The molecule has 0 fully saturated rings. The summed E-state index contributed by atoms with van der Waals surface area (Å²) in [7, 11) is 0. The molecule has 0 atom stereocenters. The van der Waals surface area contributed by atoms with E-state index < -0.39 is 10.3 Å². The standard InChI is InChI=1S/C13H17ClN2O3/c1-13(2,9-14)12(17)15-8-7-10-3-5-11(6-4-10)16(18)19/h3-6H,7-9H2,1-2H3,(H,15,17). The van der Waals surface area contributed by atoms with Gasteiger partial charge in [-0.15, -0.1) is 11.6 Å². The number of alkyl halides is 1. The van der Waals surface area contributed by atoms with Gasteiger partial charge in [0, 0.05) is 24.6 Å². The quantitative estimate of drug-likeness (QED) is 0.496. The largest absolute Gasteiger partial charge is 0.355 e. The van der Waals surface area contributed by atoms with E-state index in [4.69, 9.17) is 11.6 Å². The molecule has 1 amide bonds. The van der Waals surface area contributed by atoms with Crippen molar-refractivity contribution in [2.45, 2.75) is 20.3 Å². The molecule has 1 aromatic carbocycles. The van der Waals surface area contributed by atoms with Gasteiger partial charge in [0.1, 0.15) is 0 Å². The van der Waals surface area contributed by atoms with Crippen LogP contribution in [0.5, 0.6) is 0 Å². The van der Waals surface area contributed by atoms with E-state index in [0.29, 0.717) is 13.0 Å². The van der Waals surface area contributed by atoms with Crippen molar-refractivity contribution >= 4 is 23.2 Å². The number of rotatable bonds is 6. The number of carbonyl (C=O) groups is 1. The van der Waals surface area contributed by atoms with Gasteiger partial charge in [0.15, 0.2) is 0 Å². The van der Waals surface area contributed by atoms with Crippen molar-refractivity contribution in [3.8, 4) is 0 Å². The van der Waals surface area contributed by atoms with Gasteiger partial charge in [-0.25, -0.2) is 0 Å². The van der Waals surface area contributed by atoms with Gasteiger partial charge in [-0.1, -0.05) is 12.1 Å². The van der Waals surface area contributed by atoms with E-state index in [9.17, 15) is 14.9 Å². The van der Waals surface area contributed by atoms with Crippen LogP contribution in [-0.4, -0.2) is 23.3 Å². The van der Waals surface area contributed by atoms with E-state index in [2.05, 4.69) is 5.32 Å². The first-order valence-corrected chi connectivity index (χ1v) is 6.48. The molecule has 6 heteroatoms.